The van der Waals surface area contributed by atoms with Gasteiger partial charge in [-0.1, -0.05) is 0 Å². The van der Waals surface area contributed by atoms with Gasteiger partial charge >= 0.3 is 6.09 Å². The van der Waals surface area contributed by atoms with Crippen molar-refractivity contribution in [3.05, 3.63) is 0 Å². The number of hydrogen-bond acceptors (Lipinski definition) is 3. The van der Waals surface area contributed by atoms with Gasteiger partial charge < -0.3 is 14.7 Å². The Kier molecular flexibility index (Phi) is 3.34. The summed E-state index contributed by atoms with van der Waals surface area (Å²) >= 11 is 0. The van der Waals surface area contributed by atoms with E-state index in [2.05, 4.69) is 0 Å². The van der Waals surface area contributed by atoms with Crippen molar-refractivity contribution in [1.29, 1.82) is 0 Å². The highest BCUT2D eigenvalue weighted by atomic mass is 16.6. The molecule has 0 aromatic carbocycles. The minimum Gasteiger partial charge on any atom is -0.444 e. The smallest absolute Gasteiger partial charge is 0.410 e. The van der Waals surface area contributed by atoms with E-state index in [0.717, 1.165) is 25.7 Å². The van der Waals surface area contributed by atoms with Gasteiger partial charge in [-0.2, -0.15) is 0 Å². The monoisotopic (exact) mass is 241 g/mol. The summed E-state index contributed by atoms with van der Waals surface area (Å²) in [6.07, 6.45) is 3.89. The highest BCUT2D eigenvalue weighted by Gasteiger charge is 2.45. The summed E-state index contributed by atoms with van der Waals surface area (Å²) in [6.45, 7) is 5.84. The number of carbonyl (C=O) groups is 1. The molecule has 1 N–H and O–H groups in total. The maximum absolute atomic E-state index is 12.2. The zero-order valence-corrected chi connectivity index (χ0v) is 11.0. The van der Waals surface area contributed by atoms with Crippen LogP contribution in [0.3, 0.4) is 0 Å². The fourth-order valence-electron chi connectivity index (χ4n) is 3.07. The molecule has 0 aliphatic carbocycles. The first-order chi connectivity index (χ1) is 7.92. The second-order valence-corrected chi connectivity index (χ2v) is 6.21. The zero-order chi connectivity index (χ0) is 12.6. The summed E-state index contributed by atoms with van der Waals surface area (Å²) < 4.78 is 5.46. The normalized spacial score (nSPS) is 32.7. The van der Waals surface area contributed by atoms with Crippen LogP contribution >= 0.6 is 0 Å². The molecule has 2 unspecified atom stereocenters. The van der Waals surface area contributed by atoms with E-state index >= 15 is 0 Å². The molecular weight excluding hydrogens is 218 g/mol. The Labute approximate surface area is 103 Å². The summed E-state index contributed by atoms with van der Waals surface area (Å²) in [4.78, 5) is 14.0. The number of nitrogens with zero attached hydrogens (tertiary/aromatic N) is 1. The van der Waals surface area contributed by atoms with E-state index in [1.165, 1.54) is 0 Å². The molecule has 4 nitrogen and oxygen atoms in total. The molecule has 2 bridgehead atoms. The third-order valence-corrected chi connectivity index (χ3v) is 3.80. The molecule has 2 aliphatic rings. The number of aliphatic hydroxyl groups excluding tert-OH is 1. The predicted octanol–water partition coefficient (Wildman–Crippen LogP) is 2.16. The summed E-state index contributed by atoms with van der Waals surface area (Å²) in [5.74, 6) is 0.237. The summed E-state index contributed by atoms with van der Waals surface area (Å²) in [7, 11) is 0. The lowest BCUT2D eigenvalue weighted by Crippen LogP contribution is -2.50. The van der Waals surface area contributed by atoms with Gasteiger partial charge in [0.2, 0.25) is 0 Å². The molecule has 4 heteroatoms. The van der Waals surface area contributed by atoms with Gasteiger partial charge in [-0.05, 0) is 46.5 Å². The first kappa shape index (κ1) is 12.7. The number of aliphatic hydroxyl groups is 1. The number of piperidine rings is 1. The van der Waals surface area contributed by atoms with E-state index < -0.39 is 5.60 Å². The lowest BCUT2D eigenvalue weighted by molar-refractivity contribution is -0.00717. The third kappa shape index (κ3) is 2.57. The second-order valence-electron chi connectivity index (χ2n) is 6.21. The molecule has 2 fully saturated rings. The van der Waals surface area contributed by atoms with Crippen molar-refractivity contribution in [2.24, 2.45) is 5.92 Å². The number of hydrogen-bond donors (Lipinski definition) is 1. The van der Waals surface area contributed by atoms with Crippen molar-refractivity contribution in [2.45, 2.75) is 64.1 Å². The van der Waals surface area contributed by atoms with Crippen LogP contribution < -0.4 is 0 Å². The molecule has 98 valence electrons. The number of fused-ring (bicyclic) bond motifs is 2. The van der Waals surface area contributed by atoms with Crippen molar-refractivity contribution in [2.75, 3.05) is 6.61 Å². The minimum absolute atomic E-state index is 0.177. The average molecular weight is 241 g/mol. The molecule has 2 rings (SSSR count). The van der Waals surface area contributed by atoms with E-state index in [1.54, 1.807) is 0 Å². The van der Waals surface area contributed by atoms with Gasteiger partial charge in [0.05, 0.1) is 0 Å². The number of ether oxygens (including phenoxy) is 1. The summed E-state index contributed by atoms with van der Waals surface area (Å²) in [5, 5.41) is 9.36. The Hall–Kier alpha value is -0.770. The average Bonchev–Trinajstić information content (AvgIpc) is 2.52. The Morgan fingerprint density at radius 2 is 1.94 bits per heavy atom. The molecule has 0 radical (unpaired) electrons. The Morgan fingerprint density at radius 1 is 1.29 bits per heavy atom. The lowest BCUT2D eigenvalue weighted by Gasteiger charge is -2.39. The Bertz CT molecular complexity index is 298. The number of carbonyl (C=O) groups excluding carboxylic acids is 1. The Balaban J connectivity index is 2.07. The molecule has 1 amide bonds. The second kappa shape index (κ2) is 4.48. The van der Waals surface area contributed by atoms with Gasteiger partial charge in [0, 0.05) is 24.6 Å². The number of amides is 1. The molecule has 17 heavy (non-hydrogen) atoms. The molecule has 2 aliphatic heterocycles. The first-order valence-corrected chi connectivity index (χ1v) is 6.54. The largest absolute Gasteiger partial charge is 0.444 e. The maximum Gasteiger partial charge on any atom is 0.410 e. The molecule has 3 atom stereocenters. The van der Waals surface area contributed by atoms with Crippen molar-refractivity contribution in [3.63, 3.8) is 0 Å². The predicted molar refractivity (Wildman–Crippen MR) is 64.7 cm³/mol. The van der Waals surface area contributed by atoms with Crippen LogP contribution in [0, 0.1) is 5.92 Å². The topological polar surface area (TPSA) is 49.8 Å². The van der Waals surface area contributed by atoms with Gasteiger partial charge in [-0.3, -0.25) is 0 Å². The van der Waals surface area contributed by atoms with Gasteiger partial charge in [-0.15, -0.1) is 0 Å². The molecule has 0 spiro atoms. The van der Waals surface area contributed by atoms with Crippen LogP contribution in [0.25, 0.3) is 0 Å². The highest BCUT2D eigenvalue weighted by molar-refractivity contribution is 5.69. The Morgan fingerprint density at radius 3 is 2.53 bits per heavy atom. The minimum atomic E-state index is -0.442. The van der Waals surface area contributed by atoms with E-state index in [1.807, 2.05) is 25.7 Å². The molecule has 0 saturated carbocycles. The molecule has 0 aromatic heterocycles. The molecule has 2 heterocycles. The standard InChI is InChI=1S/C13H23NO3/c1-13(2,3)17-12(16)14-10-5-4-9(8-15)11(14)7-6-10/h9-11,15H,4-8H2,1-3H3/t9-,10?,11?/m1/s1. The van der Waals surface area contributed by atoms with Crippen LogP contribution in [-0.2, 0) is 4.74 Å². The van der Waals surface area contributed by atoms with Crippen LogP contribution in [0.15, 0.2) is 0 Å². The fraction of sp³-hybridized carbons (Fsp3) is 0.923. The van der Waals surface area contributed by atoms with Crippen molar-refractivity contribution >= 4 is 6.09 Å². The van der Waals surface area contributed by atoms with E-state index in [0.29, 0.717) is 6.04 Å². The maximum atomic E-state index is 12.2. The van der Waals surface area contributed by atoms with Crippen LogP contribution in [0.2, 0.25) is 0 Å². The van der Waals surface area contributed by atoms with Crippen molar-refractivity contribution in [3.8, 4) is 0 Å². The van der Waals surface area contributed by atoms with E-state index in [4.69, 9.17) is 4.74 Å². The van der Waals surface area contributed by atoms with Crippen LogP contribution in [-0.4, -0.2) is 40.4 Å². The van der Waals surface area contributed by atoms with Gasteiger partial charge in [0.15, 0.2) is 0 Å². The SMILES string of the molecule is CC(C)(C)OC(=O)N1C2CCC1[C@@H](CO)CC2. The quantitative estimate of drug-likeness (QED) is 0.765. The van der Waals surface area contributed by atoms with Gasteiger partial charge in [0.25, 0.3) is 0 Å². The van der Waals surface area contributed by atoms with E-state index in [9.17, 15) is 9.90 Å². The van der Waals surface area contributed by atoms with Crippen LogP contribution in [0.4, 0.5) is 4.79 Å². The molecule has 2 saturated heterocycles. The van der Waals surface area contributed by atoms with Crippen molar-refractivity contribution < 1.29 is 14.6 Å². The summed E-state index contributed by atoms with van der Waals surface area (Å²) in [5.41, 5.74) is -0.442. The van der Waals surface area contributed by atoms with Crippen molar-refractivity contribution in [1.82, 2.24) is 4.90 Å². The lowest BCUT2D eigenvalue weighted by atomic mass is 9.91. The first-order valence-electron chi connectivity index (χ1n) is 6.54. The van der Waals surface area contributed by atoms with Gasteiger partial charge in [-0.25, -0.2) is 4.79 Å². The third-order valence-electron chi connectivity index (χ3n) is 3.80. The van der Waals surface area contributed by atoms with Crippen LogP contribution in [0.5, 0.6) is 0 Å². The molecule has 0 aromatic rings. The highest BCUT2D eigenvalue weighted by Crippen LogP contribution is 2.39. The van der Waals surface area contributed by atoms with E-state index in [-0.39, 0.29) is 24.7 Å². The summed E-state index contributed by atoms with van der Waals surface area (Å²) in [6, 6.07) is 0.520. The zero-order valence-electron chi connectivity index (χ0n) is 11.0. The van der Waals surface area contributed by atoms with Crippen LogP contribution in [0.1, 0.15) is 46.5 Å². The van der Waals surface area contributed by atoms with Gasteiger partial charge in [0.1, 0.15) is 5.60 Å². The number of rotatable bonds is 1. The molecular formula is C13H23NO3. The fourth-order valence-corrected chi connectivity index (χ4v) is 3.07.